The highest BCUT2D eigenvalue weighted by atomic mass is 16.5. The molecule has 1 saturated carbocycles. The monoisotopic (exact) mass is 390 g/mol. The zero-order valence-electron chi connectivity index (χ0n) is 16.6. The van der Waals surface area contributed by atoms with E-state index in [0.29, 0.717) is 11.9 Å². The van der Waals surface area contributed by atoms with Gasteiger partial charge in [-0.1, -0.05) is 12.1 Å². The predicted molar refractivity (Wildman–Crippen MR) is 111 cm³/mol. The van der Waals surface area contributed by atoms with Crippen LogP contribution in [0.4, 0.5) is 11.6 Å². The Hall–Kier alpha value is -3.55. The molecule has 148 valence electrons. The summed E-state index contributed by atoms with van der Waals surface area (Å²) in [5.41, 5.74) is 2.62. The van der Waals surface area contributed by atoms with E-state index in [1.165, 1.54) is 0 Å². The van der Waals surface area contributed by atoms with E-state index in [9.17, 15) is 0 Å². The van der Waals surface area contributed by atoms with Crippen molar-refractivity contribution in [1.29, 1.82) is 0 Å². The molecule has 8 nitrogen and oxygen atoms in total. The standard InChI is InChI=1S/C21H22N6O2/c1-26-20(10-17(25-26)13-5-4-6-15(9-13)28-3)23-19-11-18(29-14-7-8-14)16-12-22-27(2)21(16)24-19/h4-6,9-12,14H,7-8H2,1-3H3,(H,23,24). The molecule has 1 aliphatic rings. The number of benzene rings is 1. The summed E-state index contributed by atoms with van der Waals surface area (Å²) in [6.45, 7) is 0. The average molecular weight is 390 g/mol. The third-order valence-corrected chi connectivity index (χ3v) is 4.99. The van der Waals surface area contributed by atoms with Gasteiger partial charge in [0.15, 0.2) is 5.65 Å². The molecule has 1 aromatic carbocycles. The second-order valence-corrected chi connectivity index (χ2v) is 7.22. The third kappa shape index (κ3) is 3.37. The minimum atomic E-state index is 0.296. The Kier molecular flexibility index (Phi) is 4.12. The summed E-state index contributed by atoms with van der Waals surface area (Å²) in [5, 5.41) is 13.2. The Labute approximate surface area is 168 Å². The summed E-state index contributed by atoms with van der Waals surface area (Å²) < 4.78 is 15.0. The molecule has 0 bridgehead atoms. The van der Waals surface area contributed by atoms with Crippen molar-refractivity contribution in [2.45, 2.75) is 18.9 Å². The SMILES string of the molecule is COc1cccc(-c2cc(Nc3cc(OC4CC4)c4cnn(C)c4n3)n(C)n2)c1. The summed E-state index contributed by atoms with van der Waals surface area (Å²) in [5.74, 6) is 3.13. The number of aromatic nitrogens is 5. The molecule has 0 unspecified atom stereocenters. The summed E-state index contributed by atoms with van der Waals surface area (Å²) >= 11 is 0. The number of ether oxygens (including phenoxy) is 2. The van der Waals surface area contributed by atoms with Gasteiger partial charge in [0.2, 0.25) is 0 Å². The minimum absolute atomic E-state index is 0.296. The first-order valence-electron chi connectivity index (χ1n) is 9.55. The van der Waals surface area contributed by atoms with E-state index in [4.69, 9.17) is 14.5 Å². The number of aryl methyl sites for hydroxylation is 2. The van der Waals surface area contributed by atoms with Gasteiger partial charge in [-0.3, -0.25) is 9.36 Å². The lowest BCUT2D eigenvalue weighted by Gasteiger charge is -2.10. The number of nitrogens with zero attached hydrogens (tertiary/aromatic N) is 5. The van der Waals surface area contributed by atoms with E-state index < -0.39 is 0 Å². The van der Waals surface area contributed by atoms with Gasteiger partial charge in [0.25, 0.3) is 0 Å². The molecule has 0 aliphatic heterocycles. The van der Waals surface area contributed by atoms with Gasteiger partial charge in [0, 0.05) is 31.8 Å². The van der Waals surface area contributed by atoms with E-state index in [1.54, 1.807) is 22.7 Å². The summed E-state index contributed by atoms with van der Waals surface area (Å²) in [7, 11) is 5.44. The van der Waals surface area contributed by atoms with Crippen LogP contribution in [0.2, 0.25) is 0 Å². The van der Waals surface area contributed by atoms with Gasteiger partial charge in [-0.2, -0.15) is 10.2 Å². The highest BCUT2D eigenvalue weighted by molar-refractivity contribution is 5.84. The number of rotatable bonds is 6. The van der Waals surface area contributed by atoms with Crippen LogP contribution in [-0.2, 0) is 14.1 Å². The molecule has 3 aromatic heterocycles. The van der Waals surface area contributed by atoms with Crippen LogP contribution in [0.5, 0.6) is 11.5 Å². The Morgan fingerprint density at radius 1 is 1.10 bits per heavy atom. The van der Waals surface area contributed by atoms with Crippen molar-refractivity contribution < 1.29 is 9.47 Å². The summed E-state index contributed by atoms with van der Waals surface area (Å²) in [6.07, 6.45) is 4.29. The number of anilines is 2. The topological polar surface area (TPSA) is 79.0 Å². The number of methoxy groups -OCH3 is 1. The zero-order valence-corrected chi connectivity index (χ0v) is 16.6. The van der Waals surface area contributed by atoms with Crippen molar-refractivity contribution in [2.75, 3.05) is 12.4 Å². The maximum absolute atomic E-state index is 6.09. The molecule has 0 amide bonds. The second kappa shape index (κ2) is 6.80. The van der Waals surface area contributed by atoms with E-state index in [2.05, 4.69) is 15.5 Å². The molecule has 3 heterocycles. The van der Waals surface area contributed by atoms with Crippen LogP contribution in [0, 0.1) is 0 Å². The molecule has 0 atom stereocenters. The summed E-state index contributed by atoms with van der Waals surface area (Å²) in [6, 6.07) is 11.8. The Morgan fingerprint density at radius 3 is 2.76 bits per heavy atom. The first-order valence-corrected chi connectivity index (χ1v) is 9.55. The Morgan fingerprint density at radius 2 is 1.97 bits per heavy atom. The van der Waals surface area contributed by atoms with Crippen LogP contribution in [-0.4, -0.2) is 37.8 Å². The number of hydrogen-bond donors (Lipinski definition) is 1. The molecule has 1 N–H and O–H groups in total. The van der Waals surface area contributed by atoms with Crippen molar-refractivity contribution in [3.05, 3.63) is 42.6 Å². The minimum Gasteiger partial charge on any atom is -0.497 e. The molecule has 8 heteroatoms. The third-order valence-electron chi connectivity index (χ3n) is 4.99. The fourth-order valence-electron chi connectivity index (χ4n) is 3.25. The zero-order chi connectivity index (χ0) is 20.0. The first-order chi connectivity index (χ1) is 14.1. The Balaban J connectivity index is 1.49. The molecule has 0 spiro atoms. The molecule has 0 saturated heterocycles. The van der Waals surface area contributed by atoms with Crippen LogP contribution in [0.3, 0.4) is 0 Å². The maximum Gasteiger partial charge on any atom is 0.163 e. The largest absolute Gasteiger partial charge is 0.497 e. The van der Waals surface area contributed by atoms with Gasteiger partial charge in [-0.05, 0) is 25.0 Å². The van der Waals surface area contributed by atoms with Crippen LogP contribution in [0.25, 0.3) is 22.3 Å². The van der Waals surface area contributed by atoms with E-state index >= 15 is 0 Å². The number of nitrogens with one attached hydrogen (secondary N) is 1. The highest BCUT2D eigenvalue weighted by Gasteiger charge is 2.25. The van der Waals surface area contributed by atoms with Crippen molar-refractivity contribution in [2.24, 2.45) is 14.1 Å². The van der Waals surface area contributed by atoms with Gasteiger partial charge >= 0.3 is 0 Å². The molecule has 1 aliphatic carbocycles. The number of hydrogen-bond acceptors (Lipinski definition) is 6. The van der Waals surface area contributed by atoms with E-state index in [0.717, 1.165) is 52.4 Å². The second-order valence-electron chi connectivity index (χ2n) is 7.22. The molecule has 5 rings (SSSR count). The molecular weight excluding hydrogens is 368 g/mol. The highest BCUT2D eigenvalue weighted by Crippen LogP contribution is 2.34. The number of pyridine rings is 1. The smallest absolute Gasteiger partial charge is 0.163 e. The van der Waals surface area contributed by atoms with Gasteiger partial charge in [0.05, 0.1) is 30.5 Å². The molecule has 0 radical (unpaired) electrons. The molecule has 29 heavy (non-hydrogen) atoms. The number of fused-ring (bicyclic) bond motifs is 1. The van der Waals surface area contributed by atoms with Crippen molar-refractivity contribution in [1.82, 2.24) is 24.5 Å². The quantitative estimate of drug-likeness (QED) is 0.541. The lowest BCUT2D eigenvalue weighted by atomic mass is 10.1. The lowest BCUT2D eigenvalue weighted by Crippen LogP contribution is -2.04. The predicted octanol–water partition coefficient (Wildman–Crippen LogP) is 3.66. The van der Waals surface area contributed by atoms with Gasteiger partial charge in [-0.15, -0.1) is 0 Å². The van der Waals surface area contributed by atoms with Crippen molar-refractivity contribution in [3.63, 3.8) is 0 Å². The Bertz CT molecular complexity index is 1190. The molecular formula is C21H22N6O2. The normalized spacial score (nSPS) is 13.6. The van der Waals surface area contributed by atoms with Gasteiger partial charge in [0.1, 0.15) is 23.1 Å². The van der Waals surface area contributed by atoms with Crippen LogP contribution < -0.4 is 14.8 Å². The van der Waals surface area contributed by atoms with Gasteiger partial charge < -0.3 is 14.8 Å². The van der Waals surface area contributed by atoms with Crippen LogP contribution in [0.1, 0.15) is 12.8 Å². The molecule has 4 aromatic rings. The van der Waals surface area contributed by atoms with E-state index in [-0.39, 0.29) is 0 Å². The molecule has 1 fully saturated rings. The van der Waals surface area contributed by atoms with Crippen LogP contribution in [0.15, 0.2) is 42.6 Å². The summed E-state index contributed by atoms with van der Waals surface area (Å²) in [4.78, 5) is 4.72. The van der Waals surface area contributed by atoms with Crippen molar-refractivity contribution >= 4 is 22.7 Å². The van der Waals surface area contributed by atoms with Crippen LogP contribution >= 0.6 is 0 Å². The maximum atomic E-state index is 6.09. The fraction of sp³-hybridized carbons (Fsp3) is 0.286. The first kappa shape index (κ1) is 17.5. The van der Waals surface area contributed by atoms with Gasteiger partial charge in [-0.25, -0.2) is 4.98 Å². The van der Waals surface area contributed by atoms with E-state index in [1.807, 2.05) is 50.5 Å². The van der Waals surface area contributed by atoms with Crippen molar-refractivity contribution in [3.8, 4) is 22.8 Å². The average Bonchev–Trinajstić information content (AvgIpc) is 3.36. The lowest BCUT2D eigenvalue weighted by molar-refractivity contribution is 0.307. The fourth-order valence-corrected chi connectivity index (χ4v) is 3.25.